The number of aromatic nitrogens is 1. The minimum Gasteiger partial charge on any atom is -0.381 e. The molecule has 0 bridgehead atoms. The Morgan fingerprint density at radius 2 is 1.94 bits per heavy atom. The summed E-state index contributed by atoms with van der Waals surface area (Å²) in [6.45, 7) is 6.45. The zero-order valence-electron chi connectivity index (χ0n) is 10.9. The second kappa shape index (κ2) is 5.05. The number of anilines is 1. The molecule has 3 nitrogen and oxygen atoms in total. The van der Waals surface area contributed by atoms with E-state index in [0.29, 0.717) is 17.5 Å². The van der Waals surface area contributed by atoms with E-state index >= 15 is 0 Å². The molecule has 0 aliphatic carbocycles. The fourth-order valence-corrected chi connectivity index (χ4v) is 1.78. The van der Waals surface area contributed by atoms with Crippen molar-refractivity contribution in [3.05, 3.63) is 36.0 Å². The zero-order valence-corrected chi connectivity index (χ0v) is 10.9. The Labute approximate surface area is 107 Å². The van der Waals surface area contributed by atoms with Gasteiger partial charge in [-0.3, -0.25) is 4.98 Å². The standard InChI is InChI=1S/C15H17N3/c1-10(2)11(3)18-15-12(8-16)9-17-14-7-5-4-6-13(14)15/h4-7,9-11H,1-3H3,(H,17,18). The van der Waals surface area contributed by atoms with E-state index in [2.05, 4.69) is 37.1 Å². The van der Waals surface area contributed by atoms with E-state index in [1.54, 1.807) is 6.20 Å². The first-order chi connectivity index (χ1) is 8.63. The first kappa shape index (κ1) is 12.4. The van der Waals surface area contributed by atoms with Crippen LogP contribution in [0.25, 0.3) is 10.9 Å². The van der Waals surface area contributed by atoms with Crippen molar-refractivity contribution in [1.29, 1.82) is 5.26 Å². The van der Waals surface area contributed by atoms with Crippen molar-refractivity contribution in [3.63, 3.8) is 0 Å². The van der Waals surface area contributed by atoms with Gasteiger partial charge in [-0.05, 0) is 18.9 Å². The molecule has 0 radical (unpaired) electrons. The van der Waals surface area contributed by atoms with Crippen LogP contribution in [0.3, 0.4) is 0 Å². The van der Waals surface area contributed by atoms with Gasteiger partial charge in [-0.1, -0.05) is 32.0 Å². The molecule has 1 heterocycles. The number of nitriles is 1. The van der Waals surface area contributed by atoms with E-state index in [-0.39, 0.29) is 0 Å². The third-order valence-corrected chi connectivity index (χ3v) is 3.27. The fraction of sp³-hybridized carbons (Fsp3) is 0.333. The van der Waals surface area contributed by atoms with Crippen LogP contribution >= 0.6 is 0 Å². The molecule has 92 valence electrons. The monoisotopic (exact) mass is 239 g/mol. The van der Waals surface area contributed by atoms with Crippen molar-refractivity contribution in [2.45, 2.75) is 26.8 Å². The van der Waals surface area contributed by atoms with Gasteiger partial charge in [0, 0.05) is 17.6 Å². The number of fused-ring (bicyclic) bond motifs is 1. The third-order valence-electron chi connectivity index (χ3n) is 3.27. The average molecular weight is 239 g/mol. The predicted molar refractivity (Wildman–Crippen MR) is 74.4 cm³/mol. The van der Waals surface area contributed by atoms with Crippen LogP contribution in [0.1, 0.15) is 26.3 Å². The summed E-state index contributed by atoms with van der Waals surface area (Å²) < 4.78 is 0. The van der Waals surface area contributed by atoms with Gasteiger partial charge in [0.15, 0.2) is 0 Å². The molecule has 18 heavy (non-hydrogen) atoms. The summed E-state index contributed by atoms with van der Waals surface area (Å²) in [4.78, 5) is 4.30. The quantitative estimate of drug-likeness (QED) is 0.890. The van der Waals surface area contributed by atoms with E-state index in [1.807, 2.05) is 24.3 Å². The van der Waals surface area contributed by atoms with Crippen molar-refractivity contribution >= 4 is 16.6 Å². The summed E-state index contributed by atoms with van der Waals surface area (Å²) in [5.74, 6) is 0.503. The maximum Gasteiger partial charge on any atom is 0.103 e. The molecule has 1 unspecified atom stereocenters. The number of hydrogen-bond donors (Lipinski definition) is 1. The van der Waals surface area contributed by atoms with Crippen LogP contribution in [0, 0.1) is 17.2 Å². The van der Waals surface area contributed by atoms with Gasteiger partial charge in [0.05, 0.1) is 16.8 Å². The van der Waals surface area contributed by atoms with E-state index in [0.717, 1.165) is 16.6 Å². The van der Waals surface area contributed by atoms with Crippen LogP contribution in [0.2, 0.25) is 0 Å². The minimum absolute atomic E-state index is 0.308. The number of hydrogen-bond acceptors (Lipinski definition) is 3. The van der Waals surface area contributed by atoms with E-state index in [1.165, 1.54) is 0 Å². The van der Waals surface area contributed by atoms with Crippen LogP contribution in [-0.4, -0.2) is 11.0 Å². The van der Waals surface area contributed by atoms with Crippen LogP contribution in [0.4, 0.5) is 5.69 Å². The van der Waals surface area contributed by atoms with Crippen molar-refractivity contribution in [3.8, 4) is 6.07 Å². The highest BCUT2D eigenvalue weighted by Crippen LogP contribution is 2.26. The summed E-state index contributed by atoms with van der Waals surface area (Å²) >= 11 is 0. The van der Waals surface area contributed by atoms with Crippen molar-refractivity contribution in [2.75, 3.05) is 5.32 Å². The number of benzene rings is 1. The van der Waals surface area contributed by atoms with Gasteiger partial charge in [-0.15, -0.1) is 0 Å². The Morgan fingerprint density at radius 3 is 2.61 bits per heavy atom. The Bertz CT molecular complexity index is 596. The largest absolute Gasteiger partial charge is 0.381 e. The molecule has 1 N–H and O–H groups in total. The van der Waals surface area contributed by atoms with Crippen LogP contribution in [0.5, 0.6) is 0 Å². The fourth-order valence-electron chi connectivity index (χ4n) is 1.78. The van der Waals surface area contributed by atoms with Crippen molar-refractivity contribution in [1.82, 2.24) is 4.98 Å². The maximum absolute atomic E-state index is 9.20. The summed E-state index contributed by atoms with van der Waals surface area (Å²) in [5, 5.41) is 13.6. The molecule has 0 fully saturated rings. The first-order valence-electron chi connectivity index (χ1n) is 6.18. The highest BCUT2D eigenvalue weighted by atomic mass is 14.9. The zero-order chi connectivity index (χ0) is 13.1. The molecule has 0 amide bonds. The Morgan fingerprint density at radius 1 is 1.22 bits per heavy atom. The SMILES string of the molecule is CC(C)C(C)Nc1c(C#N)cnc2ccccc12. The second-order valence-corrected chi connectivity index (χ2v) is 4.85. The van der Waals surface area contributed by atoms with E-state index in [4.69, 9.17) is 0 Å². The van der Waals surface area contributed by atoms with Crippen LogP contribution in [-0.2, 0) is 0 Å². The molecule has 0 aliphatic heterocycles. The highest BCUT2D eigenvalue weighted by Gasteiger charge is 2.13. The summed E-state index contributed by atoms with van der Waals surface area (Å²) in [6.07, 6.45) is 1.64. The van der Waals surface area contributed by atoms with Gasteiger partial charge < -0.3 is 5.32 Å². The molecular weight excluding hydrogens is 222 g/mol. The third kappa shape index (κ3) is 2.28. The van der Waals surface area contributed by atoms with Gasteiger partial charge in [-0.2, -0.15) is 5.26 Å². The lowest BCUT2D eigenvalue weighted by Gasteiger charge is -2.20. The molecule has 0 spiro atoms. The van der Waals surface area contributed by atoms with Gasteiger partial charge >= 0.3 is 0 Å². The predicted octanol–water partition coefficient (Wildman–Crippen LogP) is 3.56. The molecule has 1 aromatic heterocycles. The van der Waals surface area contributed by atoms with Crippen molar-refractivity contribution in [2.24, 2.45) is 5.92 Å². The Balaban J connectivity index is 2.55. The summed E-state index contributed by atoms with van der Waals surface area (Å²) in [6, 6.07) is 10.4. The topological polar surface area (TPSA) is 48.7 Å². The summed E-state index contributed by atoms with van der Waals surface area (Å²) in [7, 11) is 0. The lowest BCUT2D eigenvalue weighted by molar-refractivity contribution is 0.560. The van der Waals surface area contributed by atoms with E-state index in [9.17, 15) is 5.26 Å². The maximum atomic E-state index is 9.20. The van der Waals surface area contributed by atoms with Crippen molar-refractivity contribution < 1.29 is 0 Å². The highest BCUT2D eigenvalue weighted by molar-refractivity contribution is 5.93. The lowest BCUT2D eigenvalue weighted by atomic mass is 10.0. The molecule has 3 heteroatoms. The number of nitrogens with zero attached hydrogens (tertiary/aromatic N) is 2. The molecule has 2 aromatic rings. The van der Waals surface area contributed by atoms with Gasteiger partial charge in [0.1, 0.15) is 6.07 Å². The number of rotatable bonds is 3. The normalized spacial score (nSPS) is 12.4. The molecular formula is C15H17N3. The molecule has 0 saturated heterocycles. The van der Waals surface area contributed by atoms with Crippen LogP contribution < -0.4 is 5.32 Å². The second-order valence-electron chi connectivity index (χ2n) is 4.85. The molecule has 0 aliphatic rings. The lowest BCUT2D eigenvalue weighted by Crippen LogP contribution is -2.22. The molecule has 2 rings (SSSR count). The average Bonchev–Trinajstić information content (AvgIpc) is 2.39. The Kier molecular flexibility index (Phi) is 3.47. The van der Waals surface area contributed by atoms with Crippen LogP contribution in [0.15, 0.2) is 30.5 Å². The minimum atomic E-state index is 0.308. The summed E-state index contributed by atoms with van der Waals surface area (Å²) in [5.41, 5.74) is 2.40. The number of pyridine rings is 1. The van der Waals surface area contributed by atoms with Gasteiger partial charge in [0.25, 0.3) is 0 Å². The number of para-hydroxylation sites is 1. The first-order valence-corrected chi connectivity index (χ1v) is 6.18. The van der Waals surface area contributed by atoms with Gasteiger partial charge in [0.2, 0.25) is 0 Å². The Hall–Kier alpha value is -2.08. The number of nitrogens with one attached hydrogen (secondary N) is 1. The van der Waals surface area contributed by atoms with Gasteiger partial charge in [-0.25, -0.2) is 0 Å². The molecule has 1 atom stereocenters. The molecule has 1 aromatic carbocycles. The molecule has 0 saturated carbocycles. The smallest absolute Gasteiger partial charge is 0.103 e. The van der Waals surface area contributed by atoms with E-state index < -0.39 is 0 Å².